The lowest BCUT2D eigenvalue weighted by atomic mass is 10.2. The Morgan fingerprint density at radius 3 is 3.00 bits per heavy atom. The first kappa shape index (κ1) is 12.2. The normalized spacial score (nSPS) is 24.7. The summed E-state index contributed by atoms with van der Waals surface area (Å²) in [6, 6.07) is 0.436. The number of hydroxylamine groups is 1. The Hall–Kier alpha value is -0.870. The van der Waals surface area contributed by atoms with Crippen molar-refractivity contribution in [1.82, 2.24) is 10.8 Å². The smallest absolute Gasteiger partial charge is 0.226 e. The molecule has 1 unspecified atom stereocenters. The van der Waals surface area contributed by atoms with Crippen LogP contribution in [0.1, 0.15) is 26.7 Å². The average Bonchev–Trinajstić information content (AvgIpc) is 2.70. The molecule has 0 spiro atoms. The summed E-state index contributed by atoms with van der Waals surface area (Å²) in [5.41, 5.74) is 2.70. The first-order valence-corrected chi connectivity index (χ1v) is 5.55. The van der Waals surface area contributed by atoms with Gasteiger partial charge in [-0.1, -0.05) is 12.2 Å². The summed E-state index contributed by atoms with van der Waals surface area (Å²) in [5.74, 6) is 0.764. The molecule has 4 heteroatoms. The van der Waals surface area contributed by atoms with Gasteiger partial charge in [0.25, 0.3) is 0 Å². The van der Waals surface area contributed by atoms with Crippen LogP contribution in [0.4, 0.5) is 0 Å². The lowest BCUT2D eigenvalue weighted by molar-refractivity contribution is 0.195. The Morgan fingerprint density at radius 1 is 1.67 bits per heavy atom. The van der Waals surface area contributed by atoms with E-state index in [4.69, 9.17) is 4.84 Å². The fourth-order valence-electron chi connectivity index (χ4n) is 1.71. The summed E-state index contributed by atoms with van der Waals surface area (Å²) in [6.45, 7) is 5.10. The maximum absolute atomic E-state index is 5.35. The molecule has 0 aromatic heterocycles. The van der Waals surface area contributed by atoms with Gasteiger partial charge in [0.15, 0.2) is 0 Å². The predicted octanol–water partition coefficient (Wildman–Crippen LogP) is 1.25. The Labute approximate surface area is 91.8 Å². The van der Waals surface area contributed by atoms with Gasteiger partial charge < -0.3 is 10.2 Å². The minimum atomic E-state index is 0.167. The van der Waals surface area contributed by atoms with E-state index in [1.54, 1.807) is 7.05 Å². The van der Waals surface area contributed by atoms with Gasteiger partial charge in [0.05, 0.1) is 12.1 Å². The van der Waals surface area contributed by atoms with Crippen LogP contribution in [0.5, 0.6) is 0 Å². The minimum Gasteiger partial charge on any atom is -0.392 e. The van der Waals surface area contributed by atoms with E-state index in [-0.39, 0.29) is 12.1 Å². The van der Waals surface area contributed by atoms with E-state index in [2.05, 4.69) is 15.8 Å². The topological polar surface area (TPSA) is 45.6 Å². The summed E-state index contributed by atoms with van der Waals surface area (Å²) in [5, 5.41) is 3.37. The second-order valence-electron chi connectivity index (χ2n) is 3.69. The van der Waals surface area contributed by atoms with Crippen molar-refractivity contribution in [2.24, 2.45) is 4.99 Å². The van der Waals surface area contributed by atoms with Crippen molar-refractivity contribution in [1.29, 1.82) is 0 Å². The molecule has 0 aromatic carbocycles. The molecule has 1 saturated heterocycles. The van der Waals surface area contributed by atoms with Crippen molar-refractivity contribution < 1.29 is 4.84 Å². The summed E-state index contributed by atoms with van der Waals surface area (Å²) in [7, 11) is 1.75. The lowest BCUT2D eigenvalue weighted by Crippen LogP contribution is -2.36. The number of nitrogens with one attached hydrogen (secondary N) is 2. The number of hydrogen-bond donors (Lipinski definition) is 2. The third-order valence-electron chi connectivity index (χ3n) is 2.37. The Balaban J connectivity index is 2.62. The minimum absolute atomic E-state index is 0.167. The highest BCUT2D eigenvalue weighted by Gasteiger charge is 2.22. The Bertz CT molecular complexity index is 232. The van der Waals surface area contributed by atoms with Crippen molar-refractivity contribution in [2.45, 2.75) is 38.8 Å². The molecule has 1 aliphatic heterocycles. The summed E-state index contributed by atoms with van der Waals surface area (Å²) < 4.78 is 0. The molecule has 1 heterocycles. The first-order valence-electron chi connectivity index (χ1n) is 5.55. The van der Waals surface area contributed by atoms with Crippen LogP contribution in [0.25, 0.3) is 0 Å². The van der Waals surface area contributed by atoms with Crippen LogP contribution < -0.4 is 10.8 Å². The number of aliphatic imine (C=N–C) groups is 1. The molecule has 0 aromatic rings. The van der Waals surface area contributed by atoms with Crippen molar-refractivity contribution in [2.75, 3.05) is 13.6 Å². The van der Waals surface area contributed by atoms with Gasteiger partial charge in [-0.2, -0.15) is 5.48 Å². The Kier molecular flexibility index (Phi) is 5.36. The van der Waals surface area contributed by atoms with E-state index in [9.17, 15) is 0 Å². The summed E-state index contributed by atoms with van der Waals surface area (Å²) >= 11 is 0. The third-order valence-corrected chi connectivity index (χ3v) is 2.37. The van der Waals surface area contributed by atoms with E-state index in [1.165, 1.54) is 6.42 Å². The third kappa shape index (κ3) is 4.01. The first-order chi connectivity index (χ1) is 7.27. The molecule has 0 radical (unpaired) electrons. The zero-order valence-corrected chi connectivity index (χ0v) is 9.79. The molecule has 2 atom stereocenters. The zero-order valence-electron chi connectivity index (χ0n) is 9.79. The van der Waals surface area contributed by atoms with Gasteiger partial charge in [-0.15, -0.1) is 0 Å². The van der Waals surface area contributed by atoms with Crippen LogP contribution in [0.3, 0.4) is 0 Å². The van der Waals surface area contributed by atoms with Crippen molar-refractivity contribution in [3.63, 3.8) is 0 Å². The summed E-state index contributed by atoms with van der Waals surface area (Å²) in [6.07, 6.45) is 6.35. The molecular weight excluding hydrogens is 190 g/mol. The number of hydrogen-bond acceptors (Lipinski definition) is 4. The molecule has 1 rings (SSSR count). The van der Waals surface area contributed by atoms with Crippen molar-refractivity contribution >= 4 is 5.90 Å². The highest BCUT2D eigenvalue weighted by atomic mass is 16.7. The van der Waals surface area contributed by atoms with Gasteiger partial charge in [-0.25, -0.2) is 4.99 Å². The molecule has 86 valence electrons. The molecule has 0 saturated carbocycles. The van der Waals surface area contributed by atoms with Gasteiger partial charge >= 0.3 is 0 Å². The van der Waals surface area contributed by atoms with E-state index < -0.39 is 0 Å². The maximum Gasteiger partial charge on any atom is 0.226 e. The fourth-order valence-corrected chi connectivity index (χ4v) is 1.71. The van der Waals surface area contributed by atoms with Crippen LogP contribution >= 0.6 is 0 Å². The van der Waals surface area contributed by atoms with Crippen LogP contribution in [0.15, 0.2) is 17.1 Å². The zero-order chi connectivity index (χ0) is 11.1. The van der Waals surface area contributed by atoms with E-state index in [0.717, 1.165) is 18.9 Å². The highest BCUT2D eigenvalue weighted by molar-refractivity contribution is 5.82. The van der Waals surface area contributed by atoms with E-state index in [0.29, 0.717) is 0 Å². The quantitative estimate of drug-likeness (QED) is 0.318. The second-order valence-corrected chi connectivity index (χ2v) is 3.69. The molecule has 0 bridgehead atoms. The van der Waals surface area contributed by atoms with Gasteiger partial charge in [-0.05, 0) is 33.2 Å². The van der Waals surface area contributed by atoms with E-state index in [1.807, 2.05) is 26.0 Å². The Morgan fingerprint density at radius 2 is 2.47 bits per heavy atom. The maximum atomic E-state index is 5.35. The molecule has 15 heavy (non-hydrogen) atoms. The van der Waals surface area contributed by atoms with Crippen LogP contribution in [-0.2, 0) is 4.84 Å². The fraction of sp³-hybridized carbons (Fsp3) is 0.727. The predicted molar refractivity (Wildman–Crippen MR) is 62.9 cm³/mol. The van der Waals surface area contributed by atoms with Gasteiger partial charge in [0.1, 0.15) is 0 Å². The lowest BCUT2D eigenvalue weighted by Gasteiger charge is -2.14. The van der Waals surface area contributed by atoms with Gasteiger partial charge in [-0.3, -0.25) is 0 Å². The van der Waals surface area contributed by atoms with Crippen LogP contribution in [0.2, 0.25) is 0 Å². The van der Waals surface area contributed by atoms with Crippen molar-refractivity contribution in [3.8, 4) is 0 Å². The molecule has 0 aliphatic carbocycles. The second kappa shape index (κ2) is 6.58. The van der Waals surface area contributed by atoms with Crippen LogP contribution in [-0.4, -0.2) is 31.6 Å². The number of allylic oxidation sites excluding steroid dienone is 1. The highest BCUT2D eigenvalue weighted by Crippen LogP contribution is 2.08. The number of rotatable bonds is 4. The largest absolute Gasteiger partial charge is 0.392 e. The molecule has 1 fully saturated rings. The van der Waals surface area contributed by atoms with Gasteiger partial charge in [0.2, 0.25) is 5.90 Å². The van der Waals surface area contributed by atoms with Crippen molar-refractivity contribution in [3.05, 3.63) is 12.2 Å². The SMILES string of the molecule is CC=CC(C)N=C(ONC)[C@@H]1CCCN1. The molecule has 0 amide bonds. The average molecular weight is 211 g/mol. The molecular formula is C11H21N3O. The monoisotopic (exact) mass is 211 g/mol. The summed E-state index contributed by atoms with van der Waals surface area (Å²) in [4.78, 5) is 9.87. The van der Waals surface area contributed by atoms with Crippen LogP contribution in [0, 0.1) is 0 Å². The standard InChI is InChI=1S/C11H21N3O/c1-4-6-9(2)14-11(15-12-3)10-7-5-8-13-10/h4,6,9-10,12-13H,5,7-8H2,1-3H3/t9?,10-/m0/s1. The van der Waals surface area contributed by atoms with Gasteiger partial charge in [0, 0.05) is 7.05 Å². The molecule has 4 nitrogen and oxygen atoms in total. The molecule has 1 aliphatic rings. The molecule has 2 N–H and O–H groups in total. The number of nitrogens with zero attached hydrogens (tertiary/aromatic N) is 1. The van der Waals surface area contributed by atoms with E-state index >= 15 is 0 Å².